The topological polar surface area (TPSA) is 12.0 Å². The maximum atomic E-state index is 12.4. The summed E-state index contributed by atoms with van der Waals surface area (Å²) >= 11 is 0. The molecule has 0 fully saturated rings. The molecule has 1 unspecified atom stereocenters. The van der Waals surface area contributed by atoms with E-state index in [0.717, 1.165) is 12.1 Å². The fraction of sp³-hybridized carbons (Fsp3) is 0.429. The molecule has 0 aromatic carbocycles. The number of nitrogens with one attached hydrogen (secondary N) is 1. The summed E-state index contributed by atoms with van der Waals surface area (Å²) in [5.41, 5.74) is 0.963. The third-order valence-corrected chi connectivity index (χ3v) is 1.28. The summed E-state index contributed by atoms with van der Waals surface area (Å²) in [4.78, 5) is 0. The summed E-state index contributed by atoms with van der Waals surface area (Å²) in [5, 5.41) is 2.67. The first kappa shape index (κ1) is 6.33. The predicted molar refractivity (Wildman–Crippen MR) is 35.5 cm³/mol. The van der Waals surface area contributed by atoms with Crippen LogP contribution in [0.15, 0.2) is 23.9 Å². The molecular weight excluding hydrogens is 117 g/mol. The molecule has 1 heterocycles. The molecule has 1 nitrogen and oxygen atoms in total. The highest BCUT2D eigenvalue weighted by atomic mass is 19.1. The molecule has 50 valence electrons. The van der Waals surface area contributed by atoms with E-state index < -0.39 is 6.30 Å². The lowest BCUT2D eigenvalue weighted by molar-refractivity contribution is 0.352. The van der Waals surface area contributed by atoms with Crippen LogP contribution in [0, 0.1) is 0 Å². The SMILES string of the molecule is CCC1=CC=CC(F)N1. The van der Waals surface area contributed by atoms with E-state index in [1.807, 2.05) is 13.0 Å². The van der Waals surface area contributed by atoms with Gasteiger partial charge >= 0.3 is 0 Å². The lowest BCUT2D eigenvalue weighted by atomic mass is 10.2. The van der Waals surface area contributed by atoms with Crippen molar-refractivity contribution in [2.24, 2.45) is 0 Å². The molecule has 0 saturated carbocycles. The van der Waals surface area contributed by atoms with Crippen molar-refractivity contribution in [3.05, 3.63) is 23.9 Å². The first-order valence-electron chi connectivity index (χ1n) is 3.11. The molecule has 1 rings (SSSR count). The molecule has 0 aromatic rings. The maximum Gasteiger partial charge on any atom is 0.189 e. The Balaban J connectivity index is 2.55. The minimum atomic E-state index is -0.982. The highest BCUT2D eigenvalue weighted by Gasteiger charge is 2.03. The number of dihydropyridines is 1. The zero-order chi connectivity index (χ0) is 6.69. The number of allylic oxidation sites excluding steroid dienone is 3. The van der Waals surface area contributed by atoms with E-state index in [9.17, 15) is 4.39 Å². The molecular formula is C7H10FN. The second-order valence-corrected chi connectivity index (χ2v) is 1.98. The van der Waals surface area contributed by atoms with Gasteiger partial charge in [-0.25, -0.2) is 4.39 Å². The van der Waals surface area contributed by atoms with Gasteiger partial charge in [-0.15, -0.1) is 0 Å². The number of alkyl halides is 1. The lowest BCUT2D eigenvalue weighted by Gasteiger charge is -2.13. The van der Waals surface area contributed by atoms with Crippen molar-refractivity contribution in [2.45, 2.75) is 19.6 Å². The van der Waals surface area contributed by atoms with E-state index >= 15 is 0 Å². The fourth-order valence-corrected chi connectivity index (χ4v) is 0.763. The summed E-state index contributed by atoms with van der Waals surface area (Å²) in [7, 11) is 0. The fourth-order valence-electron chi connectivity index (χ4n) is 0.763. The molecule has 2 heteroatoms. The molecule has 0 spiro atoms. The van der Waals surface area contributed by atoms with Gasteiger partial charge < -0.3 is 5.32 Å². The number of rotatable bonds is 1. The third kappa shape index (κ3) is 1.56. The van der Waals surface area contributed by atoms with E-state index in [-0.39, 0.29) is 0 Å². The van der Waals surface area contributed by atoms with Crippen LogP contribution in [0.2, 0.25) is 0 Å². The van der Waals surface area contributed by atoms with Gasteiger partial charge in [0.2, 0.25) is 0 Å². The van der Waals surface area contributed by atoms with Gasteiger partial charge in [0.05, 0.1) is 0 Å². The van der Waals surface area contributed by atoms with Crippen LogP contribution in [0.1, 0.15) is 13.3 Å². The molecule has 9 heavy (non-hydrogen) atoms. The first-order valence-corrected chi connectivity index (χ1v) is 3.11. The van der Waals surface area contributed by atoms with Gasteiger partial charge in [-0.2, -0.15) is 0 Å². The molecule has 0 radical (unpaired) electrons. The molecule has 0 aromatic heterocycles. The van der Waals surface area contributed by atoms with Gasteiger partial charge in [-0.3, -0.25) is 0 Å². The van der Waals surface area contributed by atoms with Crippen LogP contribution in [0.4, 0.5) is 4.39 Å². The Hall–Kier alpha value is -0.790. The second-order valence-electron chi connectivity index (χ2n) is 1.98. The minimum absolute atomic E-state index is 0.866. The summed E-state index contributed by atoms with van der Waals surface area (Å²) in [6.07, 6.45) is 4.99. The summed E-state index contributed by atoms with van der Waals surface area (Å²) in [5.74, 6) is 0. The molecule has 1 N–H and O–H groups in total. The van der Waals surface area contributed by atoms with Crippen molar-refractivity contribution in [2.75, 3.05) is 0 Å². The molecule has 1 atom stereocenters. The van der Waals surface area contributed by atoms with Gasteiger partial charge in [0.15, 0.2) is 6.30 Å². The van der Waals surface area contributed by atoms with Gasteiger partial charge in [-0.05, 0) is 18.6 Å². The average molecular weight is 127 g/mol. The monoisotopic (exact) mass is 127 g/mol. The summed E-state index contributed by atoms with van der Waals surface area (Å²) < 4.78 is 12.4. The highest BCUT2D eigenvalue weighted by Crippen LogP contribution is 2.05. The van der Waals surface area contributed by atoms with E-state index in [0.29, 0.717) is 0 Å². The van der Waals surface area contributed by atoms with Crippen LogP contribution in [-0.2, 0) is 0 Å². The quantitative estimate of drug-likeness (QED) is 0.529. The zero-order valence-corrected chi connectivity index (χ0v) is 5.39. The van der Waals surface area contributed by atoms with E-state index in [2.05, 4.69) is 5.32 Å². The Bertz CT molecular complexity index is 149. The Morgan fingerprint density at radius 2 is 2.56 bits per heavy atom. The van der Waals surface area contributed by atoms with Crippen LogP contribution >= 0.6 is 0 Å². The number of hydrogen-bond acceptors (Lipinski definition) is 1. The molecule has 1 aliphatic heterocycles. The number of halogens is 1. The molecule has 0 amide bonds. The van der Waals surface area contributed by atoms with Crippen LogP contribution in [0.3, 0.4) is 0 Å². The molecule has 1 aliphatic rings. The Kier molecular flexibility index (Phi) is 1.88. The largest absolute Gasteiger partial charge is 0.356 e. The normalized spacial score (nSPS) is 25.1. The Labute approximate surface area is 54.3 Å². The Morgan fingerprint density at radius 1 is 1.78 bits per heavy atom. The van der Waals surface area contributed by atoms with Gasteiger partial charge in [0.1, 0.15) is 0 Å². The minimum Gasteiger partial charge on any atom is -0.356 e. The van der Waals surface area contributed by atoms with E-state index in [1.165, 1.54) is 6.08 Å². The van der Waals surface area contributed by atoms with Crippen LogP contribution in [-0.4, -0.2) is 6.30 Å². The van der Waals surface area contributed by atoms with Crippen molar-refractivity contribution < 1.29 is 4.39 Å². The van der Waals surface area contributed by atoms with E-state index in [4.69, 9.17) is 0 Å². The van der Waals surface area contributed by atoms with Crippen LogP contribution in [0.25, 0.3) is 0 Å². The van der Waals surface area contributed by atoms with Crippen molar-refractivity contribution >= 4 is 0 Å². The van der Waals surface area contributed by atoms with Crippen molar-refractivity contribution in [1.82, 2.24) is 5.32 Å². The lowest BCUT2D eigenvalue weighted by Crippen LogP contribution is -2.23. The second kappa shape index (κ2) is 2.67. The molecule has 0 aliphatic carbocycles. The first-order chi connectivity index (χ1) is 4.33. The highest BCUT2D eigenvalue weighted by molar-refractivity contribution is 5.17. The van der Waals surface area contributed by atoms with Gasteiger partial charge in [0.25, 0.3) is 0 Å². The summed E-state index contributed by atoms with van der Waals surface area (Å²) in [6.45, 7) is 1.99. The van der Waals surface area contributed by atoms with Crippen molar-refractivity contribution in [3.8, 4) is 0 Å². The zero-order valence-electron chi connectivity index (χ0n) is 5.39. The predicted octanol–water partition coefficient (Wildman–Crippen LogP) is 1.74. The Morgan fingerprint density at radius 3 is 3.00 bits per heavy atom. The molecule has 0 saturated heterocycles. The van der Waals surface area contributed by atoms with Gasteiger partial charge in [0, 0.05) is 5.70 Å². The third-order valence-electron chi connectivity index (χ3n) is 1.28. The summed E-state index contributed by atoms with van der Waals surface area (Å²) in [6, 6.07) is 0. The number of hydrogen-bond donors (Lipinski definition) is 1. The van der Waals surface area contributed by atoms with Crippen LogP contribution < -0.4 is 5.32 Å². The molecule has 0 bridgehead atoms. The van der Waals surface area contributed by atoms with Crippen molar-refractivity contribution in [3.63, 3.8) is 0 Å². The van der Waals surface area contributed by atoms with Crippen LogP contribution in [0.5, 0.6) is 0 Å². The smallest absolute Gasteiger partial charge is 0.189 e. The maximum absolute atomic E-state index is 12.4. The van der Waals surface area contributed by atoms with Crippen molar-refractivity contribution in [1.29, 1.82) is 0 Å². The average Bonchev–Trinajstić information content (AvgIpc) is 1.88. The standard InChI is InChI=1S/C7H10FN/c1-2-6-4-3-5-7(8)9-6/h3-5,7,9H,2H2,1H3. The van der Waals surface area contributed by atoms with Gasteiger partial charge in [-0.1, -0.05) is 13.0 Å². The van der Waals surface area contributed by atoms with E-state index in [1.54, 1.807) is 6.08 Å².